The normalized spacial score (nSPS) is 15.7. The highest BCUT2D eigenvalue weighted by Crippen LogP contribution is 2.45. The van der Waals surface area contributed by atoms with E-state index in [0.717, 1.165) is 46.3 Å². The number of carbonyl (C=O) groups is 2. The molecule has 1 aliphatic carbocycles. The fourth-order valence-corrected chi connectivity index (χ4v) is 4.54. The second-order valence-corrected chi connectivity index (χ2v) is 7.88. The molecule has 4 rings (SSSR count). The number of aromatic nitrogens is 1. The number of hydrogen-bond acceptors (Lipinski definition) is 2. The maximum absolute atomic E-state index is 11.7. The van der Waals surface area contributed by atoms with Gasteiger partial charge in [0, 0.05) is 23.0 Å². The van der Waals surface area contributed by atoms with Gasteiger partial charge in [-0.05, 0) is 42.9 Å². The molecule has 1 heterocycles. The van der Waals surface area contributed by atoms with Gasteiger partial charge in [0.1, 0.15) is 0 Å². The van der Waals surface area contributed by atoms with Gasteiger partial charge in [0.2, 0.25) is 0 Å². The average molecular weight is 403 g/mol. The molecule has 154 valence electrons. The van der Waals surface area contributed by atoms with Crippen molar-refractivity contribution < 1.29 is 19.8 Å². The molecule has 3 aromatic rings. The molecule has 1 aromatic heterocycles. The molecule has 5 nitrogen and oxygen atoms in total. The van der Waals surface area contributed by atoms with E-state index in [1.54, 1.807) is 0 Å². The van der Waals surface area contributed by atoms with Crippen LogP contribution in [0.1, 0.15) is 38.2 Å². The Kier molecular flexibility index (Phi) is 5.20. The van der Waals surface area contributed by atoms with Gasteiger partial charge in [-0.15, -0.1) is 0 Å². The van der Waals surface area contributed by atoms with Crippen molar-refractivity contribution in [1.29, 1.82) is 0 Å². The Balaban J connectivity index is 1.95. The molecule has 0 spiro atoms. The van der Waals surface area contributed by atoms with Gasteiger partial charge < -0.3 is 14.8 Å². The van der Waals surface area contributed by atoms with Gasteiger partial charge in [0.05, 0.1) is 5.69 Å². The van der Waals surface area contributed by atoms with Gasteiger partial charge in [-0.3, -0.25) is 9.59 Å². The second kappa shape index (κ2) is 7.82. The van der Waals surface area contributed by atoms with Crippen molar-refractivity contribution in [3.8, 4) is 11.3 Å². The quantitative estimate of drug-likeness (QED) is 0.537. The number of rotatable bonds is 6. The molecule has 0 aliphatic heterocycles. The minimum atomic E-state index is -1.74. The molecular weight excluding hydrogens is 378 g/mol. The lowest BCUT2D eigenvalue weighted by Gasteiger charge is -2.28. The van der Waals surface area contributed by atoms with Crippen LogP contribution >= 0.6 is 0 Å². The molecule has 0 amide bonds. The van der Waals surface area contributed by atoms with E-state index in [1.807, 2.05) is 36.4 Å². The predicted molar refractivity (Wildman–Crippen MR) is 117 cm³/mol. The summed E-state index contributed by atoms with van der Waals surface area (Å²) in [5.41, 5.74) is 3.74. The van der Waals surface area contributed by atoms with E-state index in [0.29, 0.717) is 6.42 Å². The summed E-state index contributed by atoms with van der Waals surface area (Å²) in [7, 11) is 0. The van der Waals surface area contributed by atoms with E-state index >= 15 is 0 Å². The zero-order valence-corrected chi connectivity index (χ0v) is 17.0. The lowest BCUT2D eigenvalue weighted by Crippen LogP contribution is -2.40. The van der Waals surface area contributed by atoms with Crippen LogP contribution in [0.2, 0.25) is 0 Å². The Hall–Kier alpha value is -3.34. The molecule has 0 radical (unpaired) electrons. The standard InChI is InChI=1S/C25H25NO4/c1-2-16-26-20-11-7-6-10-19(20)21(22(26)18-8-4-3-5-9-18)17-12-14-25(15-13-17,23(27)28)24(29)30/h3-12H,2,13-16H2,1H3,(H,27,28)(H,29,30). The number of benzene rings is 2. The number of allylic oxidation sites excluding steroid dienone is 2. The van der Waals surface area contributed by atoms with Crippen molar-refractivity contribution in [2.75, 3.05) is 0 Å². The van der Waals surface area contributed by atoms with Gasteiger partial charge in [0.25, 0.3) is 0 Å². The molecule has 0 unspecified atom stereocenters. The summed E-state index contributed by atoms with van der Waals surface area (Å²) in [6.45, 7) is 3.02. The molecule has 2 aromatic carbocycles. The van der Waals surface area contributed by atoms with E-state index in [9.17, 15) is 19.8 Å². The summed E-state index contributed by atoms with van der Waals surface area (Å²) in [6, 6.07) is 18.5. The van der Waals surface area contributed by atoms with E-state index in [2.05, 4.69) is 35.8 Å². The highest BCUT2D eigenvalue weighted by Gasteiger charge is 2.47. The lowest BCUT2D eigenvalue weighted by atomic mass is 9.73. The topological polar surface area (TPSA) is 79.5 Å². The molecule has 1 aliphatic rings. The predicted octanol–water partition coefficient (Wildman–Crippen LogP) is 5.44. The Morgan fingerprint density at radius 2 is 1.67 bits per heavy atom. The summed E-state index contributed by atoms with van der Waals surface area (Å²) >= 11 is 0. The van der Waals surface area contributed by atoms with Crippen LogP contribution in [0, 0.1) is 5.41 Å². The third-order valence-electron chi connectivity index (χ3n) is 6.12. The summed E-state index contributed by atoms with van der Waals surface area (Å²) in [6.07, 6.45) is 3.31. The maximum atomic E-state index is 11.7. The average Bonchev–Trinajstić information content (AvgIpc) is 3.09. The Morgan fingerprint density at radius 1 is 1.00 bits per heavy atom. The number of aliphatic carboxylic acids is 2. The maximum Gasteiger partial charge on any atom is 0.321 e. The van der Waals surface area contributed by atoms with Crippen LogP contribution in [0.25, 0.3) is 27.7 Å². The lowest BCUT2D eigenvalue weighted by molar-refractivity contribution is -0.165. The van der Waals surface area contributed by atoms with Crippen molar-refractivity contribution in [1.82, 2.24) is 4.57 Å². The Morgan fingerprint density at radius 3 is 2.27 bits per heavy atom. The highest BCUT2D eigenvalue weighted by atomic mass is 16.4. The molecular formula is C25H25NO4. The molecule has 0 bridgehead atoms. The number of aryl methyl sites for hydroxylation is 1. The first-order chi connectivity index (χ1) is 14.5. The number of fused-ring (bicyclic) bond motifs is 1. The van der Waals surface area contributed by atoms with Crippen molar-refractivity contribution in [3.05, 3.63) is 66.2 Å². The van der Waals surface area contributed by atoms with E-state index in [4.69, 9.17) is 0 Å². The van der Waals surface area contributed by atoms with Gasteiger partial charge in [-0.2, -0.15) is 0 Å². The first-order valence-corrected chi connectivity index (χ1v) is 10.3. The van der Waals surface area contributed by atoms with Crippen LogP contribution in [0.15, 0.2) is 60.7 Å². The van der Waals surface area contributed by atoms with Crippen LogP contribution in [-0.4, -0.2) is 26.7 Å². The minimum absolute atomic E-state index is 0.00544. The SMILES string of the molecule is CCCn1c(-c2ccccc2)c(C2=CCC(C(=O)O)(C(=O)O)CC2)c2ccccc21. The molecule has 2 N–H and O–H groups in total. The summed E-state index contributed by atoms with van der Waals surface area (Å²) in [5, 5.41) is 20.3. The number of carboxylic acid groups (broad SMARTS) is 2. The van der Waals surface area contributed by atoms with Crippen LogP contribution in [0.4, 0.5) is 0 Å². The smallest absolute Gasteiger partial charge is 0.321 e. The zero-order valence-electron chi connectivity index (χ0n) is 17.0. The van der Waals surface area contributed by atoms with Crippen molar-refractivity contribution >= 4 is 28.4 Å². The van der Waals surface area contributed by atoms with Crippen molar-refractivity contribution in [2.24, 2.45) is 5.41 Å². The number of nitrogens with zero attached hydrogens (tertiary/aromatic N) is 1. The van der Waals surface area contributed by atoms with E-state index < -0.39 is 17.4 Å². The minimum Gasteiger partial charge on any atom is -0.480 e. The molecule has 30 heavy (non-hydrogen) atoms. The largest absolute Gasteiger partial charge is 0.480 e. The third kappa shape index (κ3) is 3.11. The number of para-hydroxylation sites is 1. The molecule has 0 atom stereocenters. The molecule has 0 saturated carbocycles. The zero-order chi connectivity index (χ0) is 21.3. The monoisotopic (exact) mass is 403 g/mol. The molecule has 5 heteroatoms. The van der Waals surface area contributed by atoms with Crippen LogP contribution < -0.4 is 0 Å². The van der Waals surface area contributed by atoms with Gasteiger partial charge in [0.15, 0.2) is 5.41 Å². The first-order valence-electron chi connectivity index (χ1n) is 10.3. The Labute approximate surface area is 175 Å². The molecule has 0 saturated heterocycles. The van der Waals surface area contributed by atoms with E-state index in [-0.39, 0.29) is 12.8 Å². The van der Waals surface area contributed by atoms with Gasteiger partial charge in [-0.25, -0.2) is 0 Å². The highest BCUT2D eigenvalue weighted by molar-refractivity contribution is 6.03. The summed E-state index contributed by atoms with van der Waals surface area (Å²) in [4.78, 5) is 23.5. The molecule has 0 fully saturated rings. The van der Waals surface area contributed by atoms with Gasteiger partial charge in [-0.1, -0.05) is 61.5 Å². The number of hydrogen-bond donors (Lipinski definition) is 2. The first kappa shape index (κ1) is 20.0. The van der Waals surface area contributed by atoms with Crippen molar-refractivity contribution in [3.63, 3.8) is 0 Å². The fourth-order valence-electron chi connectivity index (χ4n) is 4.54. The fraction of sp³-hybridized carbons (Fsp3) is 0.280. The van der Waals surface area contributed by atoms with Crippen molar-refractivity contribution in [2.45, 2.75) is 39.2 Å². The third-order valence-corrected chi connectivity index (χ3v) is 6.12. The number of carboxylic acids is 2. The Bertz CT molecular complexity index is 1130. The summed E-state index contributed by atoms with van der Waals surface area (Å²) in [5.74, 6) is -2.52. The van der Waals surface area contributed by atoms with Crippen LogP contribution in [0.3, 0.4) is 0 Å². The second-order valence-electron chi connectivity index (χ2n) is 7.88. The van der Waals surface area contributed by atoms with Crippen LogP contribution in [0.5, 0.6) is 0 Å². The van der Waals surface area contributed by atoms with Gasteiger partial charge >= 0.3 is 11.9 Å². The van der Waals surface area contributed by atoms with E-state index in [1.165, 1.54) is 0 Å². The summed E-state index contributed by atoms with van der Waals surface area (Å²) < 4.78 is 2.33. The van der Waals surface area contributed by atoms with Crippen LogP contribution in [-0.2, 0) is 16.1 Å².